The average Bonchev–Trinajstić information content (AvgIpc) is 2.44. The van der Waals surface area contributed by atoms with Crippen LogP contribution in [0.5, 0.6) is 0 Å². The van der Waals surface area contributed by atoms with Crippen LogP contribution in [0.25, 0.3) is 0 Å². The Morgan fingerprint density at radius 3 is 0.727 bits per heavy atom. The van der Waals surface area contributed by atoms with Gasteiger partial charge in [-0.1, -0.05) is 0 Å². The zero-order valence-electron chi connectivity index (χ0n) is 20.5. The molecular formula is C16H35N3Na2O12. The second-order valence-corrected chi connectivity index (χ2v) is 4.39. The first kappa shape index (κ1) is 58.0. The van der Waals surface area contributed by atoms with E-state index in [0.717, 1.165) is 54.6 Å². The summed E-state index contributed by atoms with van der Waals surface area (Å²) in [5, 5.41) is 50.5. The second-order valence-electron chi connectivity index (χ2n) is 4.39. The van der Waals surface area contributed by atoms with Crippen LogP contribution >= 0.6 is 0 Å². The van der Waals surface area contributed by atoms with Crippen molar-refractivity contribution in [2.75, 3.05) is 26.2 Å². The number of rotatable bonds is 4. The van der Waals surface area contributed by atoms with E-state index >= 15 is 0 Å². The molecule has 9 N–H and O–H groups in total. The van der Waals surface area contributed by atoms with Crippen LogP contribution in [0, 0.1) is 0 Å². The van der Waals surface area contributed by atoms with Gasteiger partial charge in [-0.15, -0.1) is 0 Å². The van der Waals surface area contributed by atoms with E-state index in [2.05, 4.69) is 5.32 Å². The van der Waals surface area contributed by atoms with Crippen molar-refractivity contribution in [2.24, 2.45) is 11.5 Å². The molecule has 0 aromatic carbocycles. The van der Waals surface area contributed by atoms with Gasteiger partial charge in [0.2, 0.25) is 0 Å². The van der Waals surface area contributed by atoms with Crippen LogP contribution in [0.2, 0.25) is 0 Å². The van der Waals surface area contributed by atoms with Crippen molar-refractivity contribution >= 4 is 35.8 Å². The topological polar surface area (TPSA) is 294 Å². The predicted octanol–water partition coefficient (Wildman–Crippen LogP) is -9.62. The molecule has 0 aliphatic rings. The molecule has 0 radical (unpaired) electrons. The molecule has 0 aliphatic heterocycles. The zero-order valence-corrected chi connectivity index (χ0v) is 24.5. The monoisotopic (exact) mass is 507 g/mol. The number of nitrogens with one attached hydrogen (secondary N) is 1. The molecule has 0 saturated heterocycles. The first-order valence-electron chi connectivity index (χ1n) is 8.05. The fourth-order valence-corrected chi connectivity index (χ4v) is 0.329. The number of carbonyl (C=O) groups is 6. The normalized spacial score (nSPS) is 6.55. The molecule has 0 atom stereocenters. The molecule has 0 aliphatic carbocycles. The molecule has 15 nitrogen and oxygen atoms in total. The molecule has 0 saturated carbocycles. The van der Waals surface area contributed by atoms with Gasteiger partial charge in [0.1, 0.15) is 0 Å². The summed E-state index contributed by atoms with van der Waals surface area (Å²) in [5.74, 6) is -5.50. The number of carbonyl (C=O) groups excluding carboxylic acids is 2. The molecule has 0 spiro atoms. The summed E-state index contributed by atoms with van der Waals surface area (Å²) in [6.45, 7) is 9.41. The molecule has 0 aromatic rings. The summed E-state index contributed by atoms with van der Waals surface area (Å²) < 4.78 is 0. The zero-order chi connectivity index (χ0) is 27.0. The summed E-state index contributed by atoms with van der Waals surface area (Å²) in [6.07, 6.45) is 0. The number of carboxylic acids is 6. The van der Waals surface area contributed by atoms with Crippen molar-refractivity contribution < 1.29 is 119 Å². The van der Waals surface area contributed by atoms with E-state index < -0.39 is 35.8 Å². The molecule has 0 heterocycles. The van der Waals surface area contributed by atoms with Gasteiger partial charge >= 0.3 is 59.1 Å². The summed E-state index contributed by atoms with van der Waals surface area (Å²) in [7, 11) is 0. The van der Waals surface area contributed by atoms with Crippen LogP contribution in [0.4, 0.5) is 0 Å². The standard InChI is InChI=1S/C4H13N3.6C2H4O2.2Na/c5-1-3-7-4-2-6;6*1-2(3)4;;/h7H,1-6H2;6*1H3,(H,3,4);;/q;;;;;;;2*+1/p-2. The smallest absolute Gasteiger partial charge is 0.550 e. The Bertz CT molecular complexity index is 347. The third-order valence-electron chi connectivity index (χ3n) is 0.642. The van der Waals surface area contributed by atoms with Crippen LogP contribution in [-0.4, -0.2) is 82.4 Å². The van der Waals surface area contributed by atoms with Crippen LogP contribution in [0.15, 0.2) is 0 Å². The molecule has 0 amide bonds. The summed E-state index contributed by atoms with van der Waals surface area (Å²) in [4.78, 5) is 53.8. The maximum absolute atomic E-state index is 9.00. The SMILES string of the molecule is CC(=O)O.CC(=O)O.CC(=O)O.CC(=O)O.CC(=O)[O-].CC(=O)[O-].NCCNCCN.[Na+].[Na+]. The predicted molar refractivity (Wildman–Crippen MR) is 106 cm³/mol. The minimum absolute atomic E-state index is 0. The van der Waals surface area contributed by atoms with E-state index in [-0.39, 0.29) is 59.1 Å². The van der Waals surface area contributed by atoms with Crippen molar-refractivity contribution in [2.45, 2.75) is 41.5 Å². The third kappa shape index (κ3) is 3470. The molecule has 0 rings (SSSR count). The molecular weight excluding hydrogens is 472 g/mol. The number of carboxylic acid groups (broad SMARTS) is 6. The fourth-order valence-electron chi connectivity index (χ4n) is 0.329. The van der Waals surface area contributed by atoms with Gasteiger partial charge in [-0.25, -0.2) is 0 Å². The molecule has 0 unspecified atom stereocenters. The van der Waals surface area contributed by atoms with E-state index in [4.69, 9.17) is 70.9 Å². The van der Waals surface area contributed by atoms with Crippen molar-refractivity contribution in [1.82, 2.24) is 5.32 Å². The first-order valence-corrected chi connectivity index (χ1v) is 8.05. The average molecular weight is 507 g/mol. The fraction of sp³-hybridized carbons (Fsp3) is 0.625. The number of nitrogens with two attached hydrogens (primary N) is 2. The van der Waals surface area contributed by atoms with Gasteiger partial charge in [-0.05, 0) is 13.8 Å². The largest absolute Gasteiger partial charge is 1.00 e. The summed E-state index contributed by atoms with van der Waals surface area (Å²) in [6, 6.07) is 0. The van der Waals surface area contributed by atoms with E-state index in [1.807, 2.05) is 0 Å². The van der Waals surface area contributed by atoms with Gasteiger partial charge in [0.25, 0.3) is 23.9 Å². The maximum Gasteiger partial charge on any atom is 1.00 e. The van der Waals surface area contributed by atoms with Crippen molar-refractivity contribution in [3.05, 3.63) is 0 Å². The van der Waals surface area contributed by atoms with Crippen molar-refractivity contribution in [3.63, 3.8) is 0 Å². The van der Waals surface area contributed by atoms with Gasteiger partial charge in [0.05, 0.1) is 0 Å². The minimum atomic E-state index is -1.08. The quantitative estimate of drug-likeness (QED) is 0.137. The first-order chi connectivity index (χ1) is 13.8. The van der Waals surface area contributed by atoms with Crippen molar-refractivity contribution in [1.29, 1.82) is 0 Å². The Balaban J connectivity index is -0.0000000292. The van der Waals surface area contributed by atoms with E-state index in [1.54, 1.807) is 0 Å². The summed E-state index contributed by atoms with van der Waals surface area (Å²) >= 11 is 0. The van der Waals surface area contributed by atoms with Gasteiger partial charge in [-0.3, -0.25) is 19.2 Å². The second kappa shape index (κ2) is 57.5. The van der Waals surface area contributed by atoms with Gasteiger partial charge in [0.15, 0.2) is 0 Å². The molecule has 0 bridgehead atoms. The molecule has 33 heavy (non-hydrogen) atoms. The molecule has 0 fully saturated rings. The van der Waals surface area contributed by atoms with Gasteiger partial charge < -0.3 is 57.0 Å². The summed E-state index contributed by atoms with van der Waals surface area (Å²) in [5.41, 5.74) is 10.3. The van der Waals surface area contributed by atoms with E-state index in [9.17, 15) is 0 Å². The number of aliphatic carboxylic acids is 6. The van der Waals surface area contributed by atoms with Crippen molar-refractivity contribution in [3.8, 4) is 0 Å². The Hall–Kier alpha value is -1.30. The number of hydrogen-bond donors (Lipinski definition) is 7. The third-order valence-corrected chi connectivity index (χ3v) is 0.642. The van der Waals surface area contributed by atoms with E-state index in [0.29, 0.717) is 13.1 Å². The van der Waals surface area contributed by atoms with E-state index in [1.165, 1.54) is 0 Å². The number of hydrogen-bond acceptors (Lipinski definition) is 11. The Morgan fingerprint density at radius 1 is 0.576 bits per heavy atom. The maximum atomic E-state index is 9.00. The van der Waals surface area contributed by atoms with Crippen LogP contribution in [0.1, 0.15) is 41.5 Å². The Kier molecular flexibility index (Phi) is 101. The minimum Gasteiger partial charge on any atom is -0.550 e. The van der Waals surface area contributed by atoms with Crippen LogP contribution in [-0.2, 0) is 28.8 Å². The van der Waals surface area contributed by atoms with Gasteiger partial charge in [0, 0.05) is 65.8 Å². The molecule has 17 heteroatoms. The van der Waals surface area contributed by atoms with Gasteiger partial charge in [-0.2, -0.15) is 0 Å². The van der Waals surface area contributed by atoms with Crippen LogP contribution < -0.4 is 86.1 Å². The molecule has 188 valence electrons. The molecule has 0 aromatic heterocycles. The Labute approximate surface area is 237 Å². The van der Waals surface area contributed by atoms with Crippen LogP contribution in [0.3, 0.4) is 0 Å². The Morgan fingerprint density at radius 2 is 0.667 bits per heavy atom.